The average molecular weight is 305 g/mol. The van der Waals surface area contributed by atoms with Crippen LogP contribution in [0.2, 0.25) is 0 Å². The molecule has 0 saturated carbocycles. The van der Waals surface area contributed by atoms with Crippen molar-refractivity contribution in [2.45, 2.75) is 20.4 Å². The number of anilines is 2. The number of rotatable bonds is 3. The summed E-state index contributed by atoms with van der Waals surface area (Å²) < 4.78 is 1.09. The quantitative estimate of drug-likeness (QED) is 0.832. The van der Waals surface area contributed by atoms with Gasteiger partial charge in [-0.05, 0) is 54.8 Å². The van der Waals surface area contributed by atoms with E-state index in [-0.39, 0.29) is 0 Å². The molecule has 0 bridgehead atoms. The molecule has 0 unspecified atom stereocenters. The summed E-state index contributed by atoms with van der Waals surface area (Å²) in [5, 5.41) is 3.38. The summed E-state index contributed by atoms with van der Waals surface area (Å²) in [5.41, 5.74) is 11.5. The maximum Gasteiger partial charge on any atom is 0.0579 e. The Morgan fingerprint density at radius 1 is 1.11 bits per heavy atom. The minimum Gasteiger partial charge on any atom is -0.397 e. The Kier molecular flexibility index (Phi) is 3.92. The lowest BCUT2D eigenvalue weighted by atomic mass is 10.1. The number of halogens is 1. The number of nitrogen functional groups attached to an aromatic ring is 1. The van der Waals surface area contributed by atoms with Crippen LogP contribution in [-0.2, 0) is 6.54 Å². The lowest BCUT2D eigenvalue weighted by Crippen LogP contribution is -2.03. The molecule has 2 nitrogen and oxygen atoms in total. The van der Waals surface area contributed by atoms with Crippen LogP contribution >= 0.6 is 15.9 Å². The first kappa shape index (κ1) is 13.0. The first-order valence-electron chi connectivity index (χ1n) is 5.91. The molecule has 3 heteroatoms. The van der Waals surface area contributed by atoms with Crippen molar-refractivity contribution >= 4 is 27.3 Å². The van der Waals surface area contributed by atoms with Crippen LogP contribution < -0.4 is 11.1 Å². The van der Waals surface area contributed by atoms with E-state index < -0.39 is 0 Å². The Morgan fingerprint density at radius 3 is 2.56 bits per heavy atom. The summed E-state index contributed by atoms with van der Waals surface area (Å²) in [6.07, 6.45) is 0. The highest BCUT2D eigenvalue weighted by atomic mass is 79.9. The van der Waals surface area contributed by atoms with Crippen molar-refractivity contribution in [2.24, 2.45) is 0 Å². The predicted molar refractivity (Wildman–Crippen MR) is 81.8 cm³/mol. The van der Waals surface area contributed by atoms with Crippen molar-refractivity contribution in [1.29, 1.82) is 0 Å². The Bertz CT molecular complexity index is 564. The molecular formula is C15H17BrN2. The van der Waals surface area contributed by atoms with Crippen LogP contribution in [0.25, 0.3) is 0 Å². The number of aryl methyl sites for hydroxylation is 2. The van der Waals surface area contributed by atoms with Crippen molar-refractivity contribution < 1.29 is 0 Å². The van der Waals surface area contributed by atoms with Crippen LogP contribution in [0.1, 0.15) is 16.7 Å². The SMILES string of the molecule is Cc1cc(N)c(NCc2cccc(Br)c2)cc1C. The normalized spacial score (nSPS) is 10.4. The molecule has 0 saturated heterocycles. The third kappa shape index (κ3) is 3.05. The molecule has 0 aliphatic heterocycles. The van der Waals surface area contributed by atoms with E-state index in [1.54, 1.807) is 0 Å². The molecule has 0 aliphatic carbocycles. The van der Waals surface area contributed by atoms with E-state index in [2.05, 4.69) is 53.3 Å². The van der Waals surface area contributed by atoms with Gasteiger partial charge in [0.05, 0.1) is 11.4 Å². The molecule has 94 valence electrons. The van der Waals surface area contributed by atoms with Gasteiger partial charge in [-0.15, -0.1) is 0 Å². The molecular weight excluding hydrogens is 288 g/mol. The van der Waals surface area contributed by atoms with Gasteiger partial charge in [0.1, 0.15) is 0 Å². The van der Waals surface area contributed by atoms with Gasteiger partial charge >= 0.3 is 0 Å². The Hall–Kier alpha value is -1.48. The smallest absolute Gasteiger partial charge is 0.0579 e. The Labute approximate surface area is 116 Å². The lowest BCUT2D eigenvalue weighted by Gasteiger charge is -2.12. The maximum atomic E-state index is 6.01. The zero-order valence-electron chi connectivity index (χ0n) is 10.6. The van der Waals surface area contributed by atoms with E-state index in [1.165, 1.54) is 16.7 Å². The van der Waals surface area contributed by atoms with E-state index >= 15 is 0 Å². The minimum absolute atomic E-state index is 0.770. The van der Waals surface area contributed by atoms with Crippen LogP contribution in [0.3, 0.4) is 0 Å². The zero-order valence-corrected chi connectivity index (χ0v) is 12.2. The largest absolute Gasteiger partial charge is 0.397 e. The van der Waals surface area contributed by atoms with E-state index in [4.69, 9.17) is 5.73 Å². The summed E-state index contributed by atoms with van der Waals surface area (Å²) in [6, 6.07) is 12.4. The molecule has 0 fully saturated rings. The molecule has 0 heterocycles. The Morgan fingerprint density at radius 2 is 1.83 bits per heavy atom. The van der Waals surface area contributed by atoms with Gasteiger partial charge in [-0.1, -0.05) is 28.1 Å². The molecule has 2 aromatic rings. The third-order valence-corrected chi connectivity index (χ3v) is 3.53. The van der Waals surface area contributed by atoms with E-state index in [1.807, 2.05) is 18.2 Å². The highest BCUT2D eigenvalue weighted by Gasteiger charge is 2.02. The highest BCUT2D eigenvalue weighted by Crippen LogP contribution is 2.23. The first-order valence-corrected chi connectivity index (χ1v) is 6.70. The molecule has 0 radical (unpaired) electrons. The number of hydrogen-bond donors (Lipinski definition) is 2. The highest BCUT2D eigenvalue weighted by molar-refractivity contribution is 9.10. The molecule has 0 aromatic heterocycles. The molecule has 2 aromatic carbocycles. The second kappa shape index (κ2) is 5.44. The standard InChI is InChI=1S/C15H17BrN2/c1-10-6-14(17)15(7-11(10)2)18-9-12-4-3-5-13(16)8-12/h3-8,18H,9,17H2,1-2H3. The van der Waals surface area contributed by atoms with Gasteiger partial charge in [0.2, 0.25) is 0 Å². The van der Waals surface area contributed by atoms with Crippen molar-refractivity contribution in [1.82, 2.24) is 0 Å². The number of hydrogen-bond acceptors (Lipinski definition) is 2. The van der Waals surface area contributed by atoms with Gasteiger partial charge in [-0.2, -0.15) is 0 Å². The van der Waals surface area contributed by atoms with Crippen LogP contribution in [0.15, 0.2) is 40.9 Å². The van der Waals surface area contributed by atoms with Gasteiger partial charge < -0.3 is 11.1 Å². The molecule has 18 heavy (non-hydrogen) atoms. The molecule has 2 rings (SSSR count). The number of nitrogens with one attached hydrogen (secondary N) is 1. The first-order chi connectivity index (χ1) is 8.56. The second-order valence-electron chi connectivity index (χ2n) is 4.51. The van der Waals surface area contributed by atoms with Crippen LogP contribution in [-0.4, -0.2) is 0 Å². The number of nitrogens with two attached hydrogens (primary N) is 1. The van der Waals surface area contributed by atoms with E-state index in [0.29, 0.717) is 0 Å². The predicted octanol–water partition coefficient (Wildman–Crippen LogP) is 4.26. The number of benzene rings is 2. The fourth-order valence-electron chi connectivity index (χ4n) is 1.84. The van der Waals surface area contributed by atoms with Crippen molar-refractivity contribution in [3.63, 3.8) is 0 Å². The fraction of sp³-hybridized carbons (Fsp3) is 0.200. The monoisotopic (exact) mass is 304 g/mol. The van der Waals surface area contributed by atoms with Gasteiger partial charge in [-0.25, -0.2) is 0 Å². The van der Waals surface area contributed by atoms with Gasteiger partial charge in [0, 0.05) is 11.0 Å². The summed E-state index contributed by atoms with van der Waals surface area (Å²) in [7, 11) is 0. The third-order valence-electron chi connectivity index (χ3n) is 3.04. The molecule has 0 aliphatic rings. The Balaban J connectivity index is 2.13. The van der Waals surface area contributed by atoms with E-state index in [9.17, 15) is 0 Å². The van der Waals surface area contributed by atoms with E-state index in [0.717, 1.165) is 22.4 Å². The molecule has 0 atom stereocenters. The molecule has 3 N–H and O–H groups in total. The second-order valence-corrected chi connectivity index (χ2v) is 5.42. The van der Waals surface area contributed by atoms with Crippen LogP contribution in [0.4, 0.5) is 11.4 Å². The van der Waals surface area contributed by atoms with Crippen molar-refractivity contribution in [3.8, 4) is 0 Å². The average Bonchev–Trinajstić information content (AvgIpc) is 2.32. The summed E-state index contributed by atoms with van der Waals surface area (Å²) in [5.74, 6) is 0. The lowest BCUT2D eigenvalue weighted by molar-refractivity contribution is 1.14. The molecule has 0 amide bonds. The minimum atomic E-state index is 0.770. The van der Waals surface area contributed by atoms with Crippen molar-refractivity contribution in [3.05, 3.63) is 57.6 Å². The summed E-state index contributed by atoms with van der Waals surface area (Å²) in [4.78, 5) is 0. The maximum absolute atomic E-state index is 6.01. The van der Waals surface area contributed by atoms with Gasteiger partial charge in [0.15, 0.2) is 0 Å². The zero-order chi connectivity index (χ0) is 13.1. The van der Waals surface area contributed by atoms with Crippen molar-refractivity contribution in [2.75, 3.05) is 11.1 Å². The van der Waals surface area contributed by atoms with Gasteiger partial charge in [0.25, 0.3) is 0 Å². The van der Waals surface area contributed by atoms with Crippen LogP contribution in [0, 0.1) is 13.8 Å². The van der Waals surface area contributed by atoms with Crippen LogP contribution in [0.5, 0.6) is 0 Å². The van der Waals surface area contributed by atoms with Gasteiger partial charge in [-0.3, -0.25) is 0 Å². The summed E-state index contributed by atoms with van der Waals surface area (Å²) >= 11 is 3.47. The molecule has 0 spiro atoms. The summed E-state index contributed by atoms with van der Waals surface area (Å²) in [6.45, 7) is 4.94. The fourth-order valence-corrected chi connectivity index (χ4v) is 2.28. The topological polar surface area (TPSA) is 38.0 Å².